The van der Waals surface area contributed by atoms with Crippen molar-refractivity contribution in [3.8, 4) is 11.1 Å². The van der Waals surface area contributed by atoms with Gasteiger partial charge >= 0.3 is 0 Å². The molecule has 0 aliphatic carbocycles. The molecular formula is C12H10FNO. The molecule has 0 amide bonds. The first-order chi connectivity index (χ1) is 7.33. The van der Waals surface area contributed by atoms with Crippen molar-refractivity contribution in [2.45, 2.75) is 6.61 Å². The molecule has 3 heteroatoms. The van der Waals surface area contributed by atoms with Gasteiger partial charge in [0.2, 0.25) is 0 Å². The van der Waals surface area contributed by atoms with Crippen molar-refractivity contribution >= 4 is 0 Å². The van der Waals surface area contributed by atoms with Crippen LogP contribution < -0.4 is 0 Å². The molecule has 1 aromatic carbocycles. The second-order valence-corrected chi connectivity index (χ2v) is 3.17. The van der Waals surface area contributed by atoms with Gasteiger partial charge in [0.1, 0.15) is 5.82 Å². The molecule has 0 radical (unpaired) electrons. The summed E-state index contributed by atoms with van der Waals surface area (Å²) in [6, 6.07) is 9.32. The summed E-state index contributed by atoms with van der Waals surface area (Å²) in [5.74, 6) is -0.473. The van der Waals surface area contributed by atoms with Gasteiger partial charge in [-0.15, -0.1) is 0 Å². The fraction of sp³-hybridized carbons (Fsp3) is 0.0833. The Bertz CT molecular complexity index is 456. The summed E-state index contributed by atoms with van der Waals surface area (Å²) in [6.07, 6.45) is 2.67. The van der Waals surface area contributed by atoms with Crippen LogP contribution >= 0.6 is 0 Å². The van der Waals surface area contributed by atoms with E-state index in [0.29, 0.717) is 5.56 Å². The molecule has 0 unspecified atom stereocenters. The van der Waals surface area contributed by atoms with Crippen LogP contribution in [0.4, 0.5) is 4.39 Å². The topological polar surface area (TPSA) is 33.1 Å². The number of aliphatic hydroxyl groups is 1. The maximum Gasteiger partial charge on any atom is 0.147 e. The molecule has 15 heavy (non-hydrogen) atoms. The Hall–Kier alpha value is -1.74. The summed E-state index contributed by atoms with van der Waals surface area (Å²) in [5.41, 5.74) is 1.78. The standard InChI is InChI=1S/C12H10FNO/c13-12-7-14-6-10(11(12)8-15)9-4-2-1-3-5-9/h1-7,15H,8H2. The molecule has 1 aromatic heterocycles. The second kappa shape index (κ2) is 4.19. The smallest absolute Gasteiger partial charge is 0.147 e. The molecule has 1 heterocycles. The number of rotatable bonds is 2. The molecule has 2 nitrogen and oxygen atoms in total. The van der Waals surface area contributed by atoms with E-state index in [9.17, 15) is 4.39 Å². The first-order valence-electron chi connectivity index (χ1n) is 4.61. The molecule has 2 rings (SSSR count). The lowest BCUT2D eigenvalue weighted by Gasteiger charge is -2.07. The van der Waals surface area contributed by atoms with Gasteiger partial charge in [-0.1, -0.05) is 30.3 Å². The Kier molecular flexibility index (Phi) is 2.74. The van der Waals surface area contributed by atoms with Gasteiger partial charge < -0.3 is 5.11 Å². The SMILES string of the molecule is OCc1c(F)cncc1-c1ccccc1. The van der Waals surface area contributed by atoms with E-state index in [2.05, 4.69) is 4.98 Å². The Balaban J connectivity index is 2.58. The highest BCUT2D eigenvalue weighted by molar-refractivity contribution is 5.66. The van der Waals surface area contributed by atoms with E-state index in [1.165, 1.54) is 0 Å². The van der Waals surface area contributed by atoms with Gasteiger partial charge in [0, 0.05) is 17.3 Å². The number of benzene rings is 1. The van der Waals surface area contributed by atoms with Crippen LogP contribution in [0.15, 0.2) is 42.7 Å². The minimum absolute atomic E-state index is 0.288. The van der Waals surface area contributed by atoms with Crippen molar-refractivity contribution in [2.24, 2.45) is 0 Å². The Morgan fingerprint density at radius 3 is 2.53 bits per heavy atom. The molecule has 0 aliphatic rings. The first-order valence-corrected chi connectivity index (χ1v) is 4.61. The number of aromatic nitrogens is 1. The molecule has 0 saturated carbocycles. The third-order valence-electron chi connectivity index (χ3n) is 2.25. The van der Waals surface area contributed by atoms with E-state index < -0.39 is 5.82 Å². The summed E-state index contributed by atoms with van der Waals surface area (Å²) < 4.78 is 13.3. The Morgan fingerprint density at radius 2 is 1.87 bits per heavy atom. The van der Waals surface area contributed by atoms with Crippen LogP contribution in [0.25, 0.3) is 11.1 Å². The summed E-state index contributed by atoms with van der Waals surface area (Å²) in [4.78, 5) is 3.78. The lowest BCUT2D eigenvalue weighted by Crippen LogP contribution is -1.95. The van der Waals surface area contributed by atoms with Gasteiger partial charge in [-0.3, -0.25) is 4.98 Å². The normalized spacial score (nSPS) is 10.3. The zero-order chi connectivity index (χ0) is 10.7. The van der Waals surface area contributed by atoms with E-state index in [-0.39, 0.29) is 12.2 Å². The van der Waals surface area contributed by atoms with E-state index in [1.54, 1.807) is 6.20 Å². The van der Waals surface area contributed by atoms with Crippen LogP contribution in [-0.2, 0) is 6.61 Å². The molecule has 0 saturated heterocycles. The second-order valence-electron chi connectivity index (χ2n) is 3.17. The van der Waals surface area contributed by atoms with Crippen LogP contribution in [0.1, 0.15) is 5.56 Å². The molecule has 0 spiro atoms. The minimum atomic E-state index is -0.473. The average Bonchev–Trinajstić information content (AvgIpc) is 2.30. The molecule has 0 atom stereocenters. The molecule has 0 aliphatic heterocycles. The van der Waals surface area contributed by atoms with Gasteiger partial charge in [-0.25, -0.2) is 4.39 Å². The van der Waals surface area contributed by atoms with E-state index in [0.717, 1.165) is 11.8 Å². The largest absolute Gasteiger partial charge is 0.392 e. The van der Waals surface area contributed by atoms with Crippen LogP contribution in [-0.4, -0.2) is 10.1 Å². The minimum Gasteiger partial charge on any atom is -0.392 e. The Morgan fingerprint density at radius 1 is 1.13 bits per heavy atom. The maximum absolute atomic E-state index is 13.3. The number of pyridine rings is 1. The van der Waals surface area contributed by atoms with Crippen LogP contribution in [0, 0.1) is 5.82 Å². The third kappa shape index (κ3) is 1.87. The van der Waals surface area contributed by atoms with Gasteiger partial charge in [-0.05, 0) is 5.56 Å². The van der Waals surface area contributed by atoms with E-state index in [1.807, 2.05) is 30.3 Å². The zero-order valence-corrected chi connectivity index (χ0v) is 8.02. The molecule has 0 fully saturated rings. The molecule has 1 N–H and O–H groups in total. The number of hydrogen-bond donors (Lipinski definition) is 1. The van der Waals surface area contributed by atoms with Gasteiger partial charge in [0.05, 0.1) is 12.8 Å². The lowest BCUT2D eigenvalue weighted by atomic mass is 10.0. The summed E-state index contributed by atoms with van der Waals surface area (Å²) in [5, 5.41) is 9.09. The fourth-order valence-corrected chi connectivity index (χ4v) is 1.49. The summed E-state index contributed by atoms with van der Waals surface area (Å²) >= 11 is 0. The van der Waals surface area contributed by atoms with Crippen molar-refractivity contribution in [3.63, 3.8) is 0 Å². The quantitative estimate of drug-likeness (QED) is 0.812. The summed E-state index contributed by atoms with van der Waals surface area (Å²) in [7, 11) is 0. The number of halogens is 1. The number of hydrogen-bond acceptors (Lipinski definition) is 2. The van der Waals surface area contributed by atoms with E-state index >= 15 is 0 Å². The molecular weight excluding hydrogens is 193 g/mol. The lowest BCUT2D eigenvalue weighted by molar-refractivity contribution is 0.276. The molecule has 0 bridgehead atoms. The van der Waals surface area contributed by atoms with Gasteiger partial charge in [0.25, 0.3) is 0 Å². The summed E-state index contributed by atoms with van der Waals surface area (Å²) in [6.45, 7) is -0.321. The number of nitrogens with zero attached hydrogens (tertiary/aromatic N) is 1. The van der Waals surface area contributed by atoms with Crippen molar-refractivity contribution in [1.82, 2.24) is 4.98 Å². The maximum atomic E-state index is 13.3. The van der Waals surface area contributed by atoms with Crippen molar-refractivity contribution in [3.05, 3.63) is 54.1 Å². The van der Waals surface area contributed by atoms with Crippen molar-refractivity contribution < 1.29 is 9.50 Å². The Labute approximate surface area is 87.0 Å². The monoisotopic (exact) mass is 203 g/mol. The molecule has 76 valence electrons. The van der Waals surface area contributed by atoms with Gasteiger partial charge in [0.15, 0.2) is 0 Å². The van der Waals surface area contributed by atoms with Crippen LogP contribution in [0.2, 0.25) is 0 Å². The van der Waals surface area contributed by atoms with Gasteiger partial charge in [-0.2, -0.15) is 0 Å². The zero-order valence-electron chi connectivity index (χ0n) is 8.02. The highest BCUT2D eigenvalue weighted by atomic mass is 19.1. The first kappa shape index (κ1) is 9.80. The van der Waals surface area contributed by atoms with Crippen molar-refractivity contribution in [1.29, 1.82) is 0 Å². The van der Waals surface area contributed by atoms with E-state index in [4.69, 9.17) is 5.11 Å². The van der Waals surface area contributed by atoms with Crippen LogP contribution in [0.5, 0.6) is 0 Å². The fourth-order valence-electron chi connectivity index (χ4n) is 1.49. The highest BCUT2D eigenvalue weighted by Crippen LogP contribution is 2.24. The predicted octanol–water partition coefficient (Wildman–Crippen LogP) is 2.38. The predicted molar refractivity (Wildman–Crippen MR) is 55.6 cm³/mol. The third-order valence-corrected chi connectivity index (χ3v) is 2.25. The van der Waals surface area contributed by atoms with Crippen LogP contribution in [0.3, 0.4) is 0 Å². The number of aliphatic hydroxyl groups excluding tert-OH is 1. The highest BCUT2D eigenvalue weighted by Gasteiger charge is 2.09. The average molecular weight is 203 g/mol. The molecule has 2 aromatic rings. The van der Waals surface area contributed by atoms with Crippen molar-refractivity contribution in [2.75, 3.05) is 0 Å².